The Morgan fingerprint density at radius 3 is 2.17 bits per heavy atom. The highest BCUT2D eigenvalue weighted by molar-refractivity contribution is 9.10. The van der Waals surface area contributed by atoms with Crippen molar-refractivity contribution < 1.29 is 13.2 Å². The van der Waals surface area contributed by atoms with Gasteiger partial charge >= 0.3 is 0 Å². The Labute approximate surface area is 116 Å². The van der Waals surface area contributed by atoms with Crippen molar-refractivity contribution in [1.82, 2.24) is 4.72 Å². The third-order valence-electron chi connectivity index (χ3n) is 2.33. The van der Waals surface area contributed by atoms with Gasteiger partial charge in [-0.3, -0.25) is 9.52 Å². The van der Waals surface area contributed by atoms with Crippen molar-refractivity contribution in [3.8, 4) is 0 Å². The SMILES string of the molecule is CC(C)(C)S(=O)(=O)NC(=O)Cc1ccc(Br)cc1. The van der Waals surface area contributed by atoms with Crippen molar-refractivity contribution in [3.05, 3.63) is 34.3 Å². The minimum atomic E-state index is -3.63. The molecule has 4 nitrogen and oxygen atoms in total. The van der Waals surface area contributed by atoms with Crippen molar-refractivity contribution in [2.24, 2.45) is 0 Å². The number of sulfonamides is 1. The molecule has 0 aliphatic carbocycles. The van der Waals surface area contributed by atoms with Crippen LogP contribution in [0.5, 0.6) is 0 Å². The molecule has 0 unspecified atom stereocenters. The molecule has 1 amide bonds. The van der Waals surface area contributed by atoms with E-state index in [0.717, 1.165) is 10.0 Å². The molecule has 0 radical (unpaired) electrons. The summed E-state index contributed by atoms with van der Waals surface area (Å²) in [6, 6.07) is 7.16. The van der Waals surface area contributed by atoms with Gasteiger partial charge in [0.2, 0.25) is 15.9 Å². The van der Waals surface area contributed by atoms with Crippen LogP contribution in [0.3, 0.4) is 0 Å². The van der Waals surface area contributed by atoms with Gasteiger partial charge in [0.05, 0.1) is 11.2 Å². The maximum Gasteiger partial charge on any atom is 0.239 e. The van der Waals surface area contributed by atoms with Gasteiger partial charge in [-0.05, 0) is 38.5 Å². The van der Waals surface area contributed by atoms with Gasteiger partial charge in [-0.25, -0.2) is 8.42 Å². The molecule has 0 fully saturated rings. The summed E-state index contributed by atoms with van der Waals surface area (Å²) in [6.07, 6.45) is 0.0442. The molecule has 1 N–H and O–H groups in total. The van der Waals surface area contributed by atoms with Crippen LogP contribution in [0.4, 0.5) is 0 Å². The molecular formula is C12H16BrNO3S. The van der Waals surface area contributed by atoms with Crippen molar-refractivity contribution in [3.63, 3.8) is 0 Å². The van der Waals surface area contributed by atoms with Crippen LogP contribution in [0.2, 0.25) is 0 Å². The maximum atomic E-state index is 11.8. The predicted octanol–water partition coefficient (Wildman–Crippen LogP) is 2.24. The largest absolute Gasteiger partial charge is 0.274 e. The number of nitrogens with one attached hydrogen (secondary N) is 1. The fourth-order valence-electron chi connectivity index (χ4n) is 1.13. The Balaban J connectivity index is 2.71. The molecular weight excluding hydrogens is 318 g/mol. The highest BCUT2D eigenvalue weighted by atomic mass is 79.9. The highest BCUT2D eigenvalue weighted by Gasteiger charge is 2.30. The third kappa shape index (κ3) is 4.10. The Hall–Kier alpha value is -0.880. The van der Waals surface area contributed by atoms with E-state index in [9.17, 15) is 13.2 Å². The standard InChI is InChI=1S/C12H16BrNO3S/c1-12(2,3)18(16,17)14-11(15)8-9-4-6-10(13)7-5-9/h4-7H,8H2,1-3H3,(H,14,15). The summed E-state index contributed by atoms with van der Waals surface area (Å²) in [4.78, 5) is 11.7. The highest BCUT2D eigenvalue weighted by Crippen LogP contribution is 2.14. The number of halogens is 1. The van der Waals surface area contributed by atoms with Crippen LogP contribution in [-0.2, 0) is 21.2 Å². The van der Waals surface area contributed by atoms with Crippen molar-refractivity contribution in [2.45, 2.75) is 31.9 Å². The summed E-state index contributed by atoms with van der Waals surface area (Å²) in [5.41, 5.74) is 0.764. The molecule has 0 atom stereocenters. The lowest BCUT2D eigenvalue weighted by Crippen LogP contribution is -2.43. The van der Waals surface area contributed by atoms with Crippen molar-refractivity contribution >= 4 is 31.9 Å². The second-order valence-corrected chi connectivity index (χ2v) is 8.30. The van der Waals surface area contributed by atoms with Gasteiger partial charge in [0, 0.05) is 4.47 Å². The topological polar surface area (TPSA) is 63.2 Å². The summed E-state index contributed by atoms with van der Waals surface area (Å²) in [7, 11) is -3.63. The molecule has 0 aliphatic rings. The zero-order valence-corrected chi connectivity index (χ0v) is 12.9. The molecule has 6 heteroatoms. The molecule has 0 bridgehead atoms. The van der Waals surface area contributed by atoms with E-state index in [1.807, 2.05) is 0 Å². The third-order valence-corrected chi connectivity index (χ3v) is 4.97. The van der Waals surface area contributed by atoms with Gasteiger partial charge in [-0.1, -0.05) is 28.1 Å². The summed E-state index contributed by atoms with van der Waals surface area (Å²) >= 11 is 3.29. The maximum absolute atomic E-state index is 11.8. The van der Waals surface area contributed by atoms with Crippen LogP contribution in [0.15, 0.2) is 28.7 Å². The van der Waals surface area contributed by atoms with Crippen LogP contribution in [0.1, 0.15) is 26.3 Å². The first-order chi connectivity index (χ1) is 8.12. The van der Waals surface area contributed by atoms with E-state index in [2.05, 4.69) is 20.7 Å². The molecule has 18 heavy (non-hydrogen) atoms. The molecule has 0 aliphatic heterocycles. The molecule has 0 heterocycles. The molecule has 100 valence electrons. The number of hydrogen-bond donors (Lipinski definition) is 1. The minimum absolute atomic E-state index is 0.0442. The Morgan fingerprint density at radius 2 is 1.72 bits per heavy atom. The predicted molar refractivity (Wildman–Crippen MR) is 74.7 cm³/mol. The van der Waals surface area contributed by atoms with Gasteiger partial charge < -0.3 is 0 Å². The fraction of sp³-hybridized carbons (Fsp3) is 0.417. The summed E-state index contributed by atoms with van der Waals surface area (Å²) in [5.74, 6) is -0.521. The smallest absolute Gasteiger partial charge is 0.239 e. The lowest BCUT2D eigenvalue weighted by Gasteiger charge is -2.19. The van der Waals surface area contributed by atoms with Gasteiger partial charge in [0.1, 0.15) is 0 Å². The number of carbonyl (C=O) groups excluding carboxylic acids is 1. The van der Waals surface area contributed by atoms with Gasteiger partial charge in [0.25, 0.3) is 0 Å². The molecule has 0 saturated carbocycles. The summed E-state index contributed by atoms with van der Waals surface area (Å²) < 4.78 is 25.5. The normalized spacial score (nSPS) is 12.2. The van der Waals surface area contributed by atoms with Crippen LogP contribution in [0.25, 0.3) is 0 Å². The molecule has 0 spiro atoms. The van der Waals surface area contributed by atoms with Crippen LogP contribution in [0, 0.1) is 0 Å². The molecule has 1 rings (SSSR count). The van der Waals surface area contributed by atoms with Gasteiger partial charge in [-0.2, -0.15) is 0 Å². The Morgan fingerprint density at radius 1 is 1.22 bits per heavy atom. The second-order valence-electron chi connectivity index (χ2n) is 4.94. The Kier molecular flexibility index (Phi) is 4.55. The summed E-state index contributed by atoms with van der Waals surface area (Å²) in [6.45, 7) is 4.63. The first-order valence-corrected chi connectivity index (χ1v) is 7.69. The number of benzene rings is 1. The van der Waals surface area contributed by atoms with E-state index >= 15 is 0 Å². The van der Waals surface area contributed by atoms with E-state index in [-0.39, 0.29) is 6.42 Å². The quantitative estimate of drug-likeness (QED) is 0.922. The van der Waals surface area contributed by atoms with E-state index in [4.69, 9.17) is 0 Å². The first kappa shape index (κ1) is 15.2. The van der Waals surface area contributed by atoms with E-state index < -0.39 is 20.7 Å². The van der Waals surface area contributed by atoms with Gasteiger partial charge in [0.15, 0.2) is 0 Å². The summed E-state index contributed by atoms with van der Waals surface area (Å²) in [5, 5.41) is 0. The van der Waals surface area contributed by atoms with E-state index in [1.54, 1.807) is 45.0 Å². The Bertz CT molecular complexity index is 529. The lowest BCUT2D eigenvalue weighted by molar-refractivity contribution is -0.118. The molecule has 1 aromatic carbocycles. The zero-order valence-electron chi connectivity index (χ0n) is 10.5. The monoisotopic (exact) mass is 333 g/mol. The lowest BCUT2D eigenvalue weighted by atomic mass is 10.1. The number of carbonyl (C=O) groups is 1. The zero-order chi connectivity index (χ0) is 14.0. The van der Waals surface area contributed by atoms with Crippen LogP contribution in [-0.4, -0.2) is 19.1 Å². The molecule has 0 saturated heterocycles. The first-order valence-electron chi connectivity index (χ1n) is 5.41. The fourth-order valence-corrected chi connectivity index (χ4v) is 2.07. The van der Waals surface area contributed by atoms with Gasteiger partial charge in [-0.15, -0.1) is 0 Å². The second kappa shape index (κ2) is 5.40. The van der Waals surface area contributed by atoms with E-state index in [1.165, 1.54) is 0 Å². The van der Waals surface area contributed by atoms with Crippen LogP contribution >= 0.6 is 15.9 Å². The number of hydrogen-bond acceptors (Lipinski definition) is 3. The van der Waals surface area contributed by atoms with E-state index in [0.29, 0.717) is 0 Å². The van der Waals surface area contributed by atoms with Crippen LogP contribution < -0.4 is 4.72 Å². The number of rotatable bonds is 3. The van der Waals surface area contributed by atoms with Crippen molar-refractivity contribution in [2.75, 3.05) is 0 Å². The minimum Gasteiger partial charge on any atom is -0.274 e. The van der Waals surface area contributed by atoms with Crippen molar-refractivity contribution in [1.29, 1.82) is 0 Å². The average Bonchev–Trinajstić information content (AvgIpc) is 2.19. The molecule has 0 aromatic heterocycles. The number of amides is 1. The molecule has 1 aromatic rings. The average molecular weight is 334 g/mol.